The predicted molar refractivity (Wildman–Crippen MR) is 108 cm³/mol. The second kappa shape index (κ2) is 8.45. The van der Waals surface area contributed by atoms with Gasteiger partial charge in [0.1, 0.15) is 6.04 Å². The van der Waals surface area contributed by atoms with Crippen molar-refractivity contribution in [2.75, 3.05) is 5.32 Å². The smallest absolute Gasteiger partial charge is 0.267 e. The van der Waals surface area contributed by atoms with Crippen molar-refractivity contribution in [3.63, 3.8) is 0 Å². The van der Waals surface area contributed by atoms with Crippen LogP contribution in [0.1, 0.15) is 31.9 Å². The minimum absolute atomic E-state index is 0.245. The number of carbonyl (C=O) groups excluding carboxylic acids is 1. The van der Waals surface area contributed by atoms with Crippen LogP contribution in [0.3, 0.4) is 0 Å². The molecule has 0 aliphatic rings. The van der Waals surface area contributed by atoms with Crippen molar-refractivity contribution >= 4 is 11.6 Å². The van der Waals surface area contributed by atoms with E-state index in [1.165, 1.54) is 10.7 Å². The van der Waals surface area contributed by atoms with Crippen molar-refractivity contribution in [2.24, 2.45) is 0 Å². The van der Waals surface area contributed by atoms with Crippen molar-refractivity contribution in [3.05, 3.63) is 82.6 Å². The van der Waals surface area contributed by atoms with E-state index in [4.69, 9.17) is 0 Å². The molecule has 1 heterocycles. The van der Waals surface area contributed by atoms with Crippen LogP contribution in [0.5, 0.6) is 0 Å². The van der Waals surface area contributed by atoms with Crippen molar-refractivity contribution in [1.29, 1.82) is 0 Å². The van der Waals surface area contributed by atoms with Crippen molar-refractivity contribution in [1.82, 2.24) is 9.78 Å². The molecule has 2 aromatic carbocycles. The molecule has 0 aliphatic heterocycles. The molecule has 0 radical (unpaired) electrons. The summed E-state index contributed by atoms with van der Waals surface area (Å²) in [7, 11) is 0. The van der Waals surface area contributed by atoms with Gasteiger partial charge in [-0.2, -0.15) is 5.10 Å². The van der Waals surface area contributed by atoms with E-state index in [1.807, 2.05) is 61.5 Å². The molecule has 0 unspecified atom stereocenters. The summed E-state index contributed by atoms with van der Waals surface area (Å²) in [5.74, 6) is -0.245. The predicted octanol–water partition coefficient (Wildman–Crippen LogP) is 4.06. The second-order valence-electron chi connectivity index (χ2n) is 6.33. The highest BCUT2D eigenvalue weighted by molar-refractivity contribution is 5.93. The fraction of sp³-hybridized carbons (Fsp3) is 0.227. The Labute approximate surface area is 158 Å². The van der Waals surface area contributed by atoms with E-state index in [0.717, 1.165) is 23.2 Å². The third-order valence-corrected chi connectivity index (χ3v) is 4.48. The van der Waals surface area contributed by atoms with Crippen LogP contribution < -0.4 is 10.9 Å². The molecule has 1 aromatic heterocycles. The lowest BCUT2D eigenvalue weighted by molar-refractivity contribution is -0.119. The van der Waals surface area contributed by atoms with Gasteiger partial charge in [0.2, 0.25) is 5.91 Å². The molecule has 5 nitrogen and oxygen atoms in total. The van der Waals surface area contributed by atoms with Gasteiger partial charge < -0.3 is 5.32 Å². The first-order valence-corrected chi connectivity index (χ1v) is 9.17. The summed E-state index contributed by atoms with van der Waals surface area (Å²) in [6.45, 7) is 3.93. The first kappa shape index (κ1) is 18.6. The van der Waals surface area contributed by atoms with E-state index in [0.29, 0.717) is 12.1 Å². The number of benzene rings is 2. The molecule has 0 saturated carbocycles. The van der Waals surface area contributed by atoms with Crippen LogP contribution in [0.15, 0.2) is 71.5 Å². The van der Waals surface area contributed by atoms with Gasteiger partial charge in [-0.05, 0) is 36.6 Å². The van der Waals surface area contributed by atoms with Gasteiger partial charge >= 0.3 is 0 Å². The Morgan fingerprint density at radius 2 is 1.81 bits per heavy atom. The summed E-state index contributed by atoms with van der Waals surface area (Å²) >= 11 is 0. The van der Waals surface area contributed by atoms with Crippen LogP contribution in [0, 0.1) is 0 Å². The first-order chi connectivity index (χ1) is 13.1. The van der Waals surface area contributed by atoms with E-state index in [2.05, 4.69) is 17.3 Å². The van der Waals surface area contributed by atoms with E-state index < -0.39 is 6.04 Å². The molecule has 1 atom stereocenters. The Morgan fingerprint density at radius 3 is 2.52 bits per heavy atom. The van der Waals surface area contributed by atoms with E-state index in [9.17, 15) is 9.59 Å². The highest BCUT2D eigenvalue weighted by Gasteiger charge is 2.21. The molecule has 1 amide bonds. The second-order valence-corrected chi connectivity index (χ2v) is 6.33. The van der Waals surface area contributed by atoms with E-state index in [1.54, 1.807) is 6.07 Å². The SMILES string of the molecule is CCc1cccc(NC(=O)[C@H](CC)n2nc(-c3ccccc3)ccc2=O)c1. The number of amides is 1. The van der Waals surface area contributed by atoms with E-state index >= 15 is 0 Å². The summed E-state index contributed by atoms with van der Waals surface area (Å²) in [4.78, 5) is 25.2. The molecule has 0 aliphatic carbocycles. The van der Waals surface area contributed by atoms with E-state index in [-0.39, 0.29) is 11.5 Å². The fourth-order valence-electron chi connectivity index (χ4n) is 2.98. The number of hydrogen-bond acceptors (Lipinski definition) is 3. The highest BCUT2D eigenvalue weighted by atomic mass is 16.2. The third kappa shape index (κ3) is 4.31. The molecule has 138 valence electrons. The van der Waals surface area contributed by atoms with Gasteiger partial charge in [-0.3, -0.25) is 9.59 Å². The summed E-state index contributed by atoms with van der Waals surface area (Å²) < 4.78 is 1.28. The normalized spacial score (nSPS) is 11.8. The number of carbonyl (C=O) groups is 1. The van der Waals surface area contributed by atoms with Crippen molar-refractivity contribution < 1.29 is 4.79 Å². The number of anilines is 1. The van der Waals surface area contributed by atoms with Gasteiger partial charge in [-0.15, -0.1) is 0 Å². The van der Waals surface area contributed by atoms with Gasteiger partial charge in [0.25, 0.3) is 5.56 Å². The summed E-state index contributed by atoms with van der Waals surface area (Å²) in [6, 6.07) is 19.8. The molecular formula is C22H23N3O2. The lowest BCUT2D eigenvalue weighted by Gasteiger charge is -2.18. The third-order valence-electron chi connectivity index (χ3n) is 4.48. The van der Waals surface area contributed by atoms with Crippen molar-refractivity contribution in [3.8, 4) is 11.3 Å². The topological polar surface area (TPSA) is 64.0 Å². The lowest BCUT2D eigenvalue weighted by atomic mass is 10.1. The number of aromatic nitrogens is 2. The molecule has 0 bridgehead atoms. The molecule has 0 spiro atoms. The van der Waals surface area contributed by atoms with Crippen LogP contribution in [-0.4, -0.2) is 15.7 Å². The van der Waals surface area contributed by atoms with Gasteiger partial charge in [0, 0.05) is 17.3 Å². The molecule has 0 saturated heterocycles. The van der Waals surface area contributed by atoms with Gasteiger partial charge in [0.15, 0.2) is 0 Å². The number of nitrogens with one attached hydrogen (secondary N) is 1. The maximum atomic E-state index is 12.8. The Kier molecular flexibility index (Phi) is 5.81. The minimum atomic E-state index is -0.675. The number of nitrogens with zero attached hydrogens (tertiary/aromatic N) is 2. The molecule has 3 aromatic rings. The highest BCUT2D eigenvalue weighted by Crippen LogP contribution is 2.18. The molecule has 27 heavy (non-hydrogen) atoms. The van der Waals surface area contributed by atoms with Gasteiger partial charge in [-0.25, -0.2) is 4.68 Å². The molecule has 1 N–H and O–H groups in total. The Bertz CT molecular complexity index is 980. The van der Waals surface area contributed by atoms with Crippen LogP contribution in [0.4, 0.5) is 5.69 Å². The van der Waals surface area contributed by atoms with Crippen molar-refractivity contribution in [2.45, 2.75) is 32.7 Å². The zero-order valence-electron chi connectivity index (χ0n) is 15.6. The minimum Gasteiger partial charge on any atom is -0.324 e. The van der Waals surface area contributed by atoms with Crippen LogP contribution in [-0.2, 0) is 11.2 Å². The maximum absolute atomic E-state index is 12.8. The molecule has 5 heteroatoms. The summed E-state index contributed by atoms with van der Waals surface area (Å²) in [6.07, 6.45) is 1.35. The molecule has 0 fully saturated rings. The largest absolute Gasteiger partial charge is 0.324 e. The summed E-state index contributed by atoms with van der Waals surface area (Å²) in [5.41, 5.74) is 3.14. The zero-order chi connectivity index (χ0) is 19.2. The average Bonchev–Trinajstić information content (AvgIpc) is 2.70. The quantitative estimate of drug-likeness (QED) is 0.720. The molecular weight excluding hydrogens is 338 g/mol. The average molecular weight is 361 g/mol. The lowest BCUT2D eigenvalue weighted by Crippen LogP contribution is -2.34. The number of aryl methyl sites for hydroxylation is 1. The first-order valence-electron chi connectivity index (χ1n) is 9.17. The summed E-state index contributed by atoms with van der Waals surface area (Å²) in [5, 5.41) is 7.37. The molecule has 3 rings (SSSR count). The maximum Gasteiger partial charge on any atom is 0.267 e. The Hall–Kier alpha value is -3.21. The van der Waals surface area contributed by atoms with Gasteiger partial charge in [0.05, 0.1) is 5.69 Å². The van der Waals surface area contributed by atoms with Crippen LogP contribution in [0.2, 0.25) is 0 Å². The Balaban J connectivity index is 1.90. The Morgan fingerprint density at radius 1 is 1.04 bits per heavy atom. The fourth-order valence-corrected chi connectivity index (χ4v) is 2.98. The van der Waals surface area contributed by atoms with Crippen LogP contribution in [0.25, 0.3) is 11.3 Å². The number of hydrogen-bond donors (Lipinski definition) is 1. The zero-order valence-corrected chi connectivity index (χ0v) is 15.6. The van der Waals surface area contributed by atoms with Gasteiger partial charge in [-0.1, -0.05) is 56.3 Å². The van der Waals surface area contributed by atoms with Crippen LogP contribution >= 0.6 is 0 Å². The number of rotatable bonds is 6. The monoisotopic (exact) mass is 361 g/mol. The standard InChI is InChI=1S/C22H23N3O2/c1-3-16-9-8-12-18(15-16)23-22(27)20(4-2)25-21(26)14-13-19(24-25)17-10-6-5-7-11-17/h5-15,20H,3-4H2,1-2H3,(H,23,27)/t20-/m0/s1.